The van der Waals surface area contributed by atoms with Crippen molar-refractivity contribution >= 4 is 5.91 Å². The lowest BCUT2D eigenvalue weighted by atomic mass is 9.93. The van der Waals surface area contributed by atoms with Crippen molar-refractivity contribution in [3.63, 3.8) is 0 Å². The van der Waals surface area contributed by atoms with Crippen LogP contribution in [-0.2, 0) is 6.42 Å². The Bertz CT molecular complexity index is 1020. The third-order valence-electron chi connectivity index (χ3n) is 5.99. The molecule has 6 nitrogen and oxygen atoms in total. The van der Waals surface area contributed by atoms with Crippen LogP contribution in [0.15, 0.2) is 53.1 Å². The van der Waals surface area contributed by atoms with Crippen molar-refractivity contribution in [2.45, 2.75) is 39.0 Å². The van der Waals surface area contributed by atoms with Crippen LogP contribution >= 0.6 is 0 Å². The van der Waals surface area contributed by atoms with E-state index in [1.807, 2.05) is 41.3 Å². The van der Waals surface area contributed by atoms with Gasteiger partial charge in [-0.05, 0) is 54.5 Å². The molecule has 0 spiro atoms. The van der Waals surface area contributed by atoms with Crippen LogP contribution in [0.4, 0.5) is 0 Å². The van der Waals surface area contributed by atoms with E-state index in [1.54, 1.807) is 7.11 Å². The van der Waals surface area contributed by atoms with E-state index < -0.39 is 0 Å². The number of hydrogen-bond acceptors (Lipinski definition) is 5. The maximum atomic E-state index is 12.8. The highest BCUT2D eigenvalue weighted by Gasteiger charge is 2.25. The molecule has 0 aliphatic carbocycles. The molecule has 0 N–H and O–H groups in total. The van der Waals surface area contributed by atoms with Crippen LogP contribution in [0.2, 0.25) is 0 Å². The molecule has 0 radical (unpaired) electrons. The summed E-state index contributed by atoms with van der Waals surface area (Å²) in [6.07, 6.45) is 2.61. The molecule has 4 rings (SSSR count). The molecular weight excluding hydrogens is 390 g/mol. The van der Waals surface area contributed by atoms with Gasteiger partial charge in [-0.15, -0.1) is 0 Å². The van der Waals surface area contributed by atoms with Crippen molar-refractivity contribution in [1.29, 1.82) is 0 Å². The molecule has 1 aliphatic heterocycles. The molecule has 0 unspecified atom stereocenters. The van der Waals surface area contributed by atoms with Gasteiger partial charge < -0.3 is 14.2 Å². The minimum absolute atomic E-state index is 0.117. The molecule has 0 bridgehead atoms. The number of likely N-dealkylation sites (tertiary alicyclic amines) is 1. The number of piperidine rings is 1. The first-order chi connectivity index (χ1) is 15.0. The molecule has 31 heavy (non-hydrogen) atoms. The topological polar surface area (TPSA) is 68.5 Å². The first-order valence-electron chi connectivity index (χ1n) is 10.9. The summed E-state index contributed by atoms with van der Waals surface area (Å²) in [5.74, 6) is 3.00. The fraction of sp³-hybridized carbons (Fsp3) is 0.400. The first kappa shape index (κ1) is 21.1. The maximum absolute atomic E-state index is 12.8. The second-order valence-electron chi connectivity index (χ2n) is 8.46. The van der Waals surface area contributed by atoms with Crippen LogP contribution in [0, 0.1) is 5.92 Å². The molecule has 1 amide bonds. The average molecular weight is 420 g/mol. The Balaban J connectivity index is 1.32. The number of carbonyl (C=O) groups is 1. The number of rotatable bonds is 6. The Morgan fingerprint density at radius 3 is 2.58 bits per heavy atom. The summed E-state index contributed by atoms with van der Waals surface area (Å²) in [5.41, 5.74) is 2.89. The van der Waals surface area contributed by atoms with E-state index >= 15 is 0 Å². The predicted octanol–water partition coefficient (Wildman–Crippen LogP) is 4.96. The van der Waals surface area contributed by atoms with Crippen LogP contribution < -0.4 is 4.74 Å². The van der Waals surface area contributed by atoms with Crippen molar-refractivity contribution in [2.24, 2.45) is 5.92 Å². The average Bonchev–Trinajstić information content (AvgIpc) is 3.28. The number of aromatic nitrogens is 2. The van der Waals surface area contributed by atoms with Gasteiger partial charge in [-0.3, -0.25) is 4.79 Å². The normalized spacial score (nSPS) is 14.8. The second-order valence-corrected chi connectivity index (χ2v) is 8.46. The number of methoxy groups -OCH3 is 1. The Labute approximate surface area is 183 Å². The van der Waals surface area contributed by atoms with Crippen molar-refractivity contribution in [3.05, 3.63) is 65.5 Å². The molecule has 1 fully saturated rings. The largest absolute Gasteiger partial charge is 0.497 e. The Morgan fingerprint density at radius 1 is 1.16 bits per heavy atom. The molecule has 2 aromatic carbocycles. The number of nitrogens with zero attached hydrogens (tertiary/aromatic N) is 3. The molecular formula is C25H29N3O3. The van der Waals surface area contributed by atoms with Gasteiger partial charge in [0.1, 0.15) is 5.75 Å². The fourth-order valence-electron chi connectivity index (χ4n) is 4.00. The van der Waals surface area contributed by atoms with Gasteiger partial charge in [0.2, 0.25) is 11.7 Å². The quantitative estimate of drug-likeness (QED) is 0.565. The van der Waals surface area contributed by atoms with Crippen molar-refractivity contribution in [2.75, 3.05) is 20.2 Å². The molecule has 0 saturated carbocycles. The summed E-state index contributed by atoms with van der Waals surface area (Å²) in [7, 11) is 1.64. The van der Waals surface area contributed by atoms with Gasteiger partial charge in [0.25, 0.3) is 5.91 Å². The highest BCUT2D eigenvalue weighted by atomic mass is 16.5. The summed E-state index contributed by atoms with van der Waals surface area (Å²) in [6, 6.07) is 15.6. The number of ether oxygens (including phenoxy) is 1. The highest BCUT2D eigenvalue weighted by molar-refractivity contribution is 5.94. The molecule has 1 aliphatic rings. The van der Waals surface area contributed by atoms with E-state index in [1.165, 1.54) is 5.56 Å². The standard InChI is InChI=1S/C25H29N3O3/c1-17(2)19-7-9-20(10-8-19)25(29)28-13-11-18(12-14-28)15-23-26-24(27-31-23)21-5-4-6-22(16-21)30-3/h4-10,16-18H,11-15H2,1-3H3. The van der Waals surface area contributed by atoms with Gasteiger partial charge in [0.05, 0.1) is 7.11 Å². The van der Waals surface area contributed by atoms with Gasteiger partial charge >= 0.3 is 0 Å². The smallest absolute Gasteiger partial charge is 0.253 e. The van der Waals surface area contributed by atoms with Crippen molar-refractivity contribution in [1.82, 2.24) is 15.0 Å². The SMILES string of the molecule is COc1cccc(-c2noc(CC3CCN(C(=O)c4ccc(C(C)C)cc4)CC3)n2)c1. The summed E-state index contributed by atoms with van der Waals surface area (Å²) in [5, 5.41) is 4.12. The Kier molecular flexibility index (Phi) is 6.35. The number of amides is 1. The molecule has 3 aromatic rings. The number of hydrogen-bond donors (Lipinski definition) is 0. The van der Waals surface area contributed by atoms with Gasteiger partial charge in [-0.1, -0.05) is 43.3 Å². The first-order valence-corrected chi connectivity index (χ1v) is 10.9. The zero-order valence-corrected chi connectivity index (χ0v) is 18.4. The lowest BCUT2D eigenvalue weighted by Gasteiger charge is -2.31. The van der Waals surface area contributed by atoms with E-state index in [0.29, 0.717) is 23.6 Å². The van der Waals surface area contributed by atoms with Gasteiger partial charge in [-0.25, -0.2) is 0 Å². The molecule has 0 atom stereocenters. The Hall–Kier alpha value is -3.15. The second kappa shape index (κ2) is 9.33. The van der Waals surface area contributed by atoms with Crippen molar-refractivity contribution in [3.8, 4) is 17.1 Å². The van der Waals surface area contributed by atoms with Gasteiger partial charge in [-0.2, -0.15) is 4.98 Å². The van der Waals surface area contributed by atoms with Crippen LogP contribution in [0.3, 0.4) is 0 Å². The zero-order valence-electron chi connectivity index (χ0n) is 18.4. The van der Waals surface area contributed by atoms with E-state index in [2.05, 4.69) is 36.1 Å². The fourth-order valence-corrected chi connectivity index (χ4v) is 4.00. The summed E-state index contributed by atoms with van der Waals surface area (Å²) < 4.78 is 10.8. The van der Waals surface area contributed by atoms with E-state index in [0.717, 1.165) is 49.2 Å². The minimum atomic E-state index is 0.117. The molecule has 162 valence electrons. The number of benzene rings is 2. The highest BCUT2D eigenvalue weighted by Crippen LogP contribution is 2.25. The van der Waals surface area contributed by atoms with Crippen LogP contribution in [0.25, 0.3) is 11.4 Å². The van der Waals surface area contributed by atoms with E-state index in [9.17, 15) is 4.79 Å². The van der Waals surface area contributed by atoms with Gasteiger partial charge in [0, 0.05) is 30.6 Å². The summed E-state index contributed by atoms with van der Waals surface area (Å²) >= 11 is 0. The van der Waals surface area contributed by atoms with Crippen molar-refractivity contribution < 1.29 is 14.1 Å². The lowest BCUT2D eigenvalue weighted by molar-refractivity contribution is 0.0687. The molecule has 6 heteroatoms. The molecule has 1 aromatic heterocycles. The van der Waals surface area contributed by atoms with E-state index in [-0.39, 0.29) is 5.91 Å². The Morgan fingerprint density at radius 2 is 1.90 bits per heavy atom. The zero-order chi connectivity index (χ0) is 21.8. The minimum Gasteiger partial charge on any atom is -0.497 e. The van der Waals surface area contributed by atoms with Crippen LogP contribution in [0.5, 0.6) is 5.75 Å². The van der Waals surface area contributed by atoms with Crippen LogP contribution in [0.1, 0.15) is 54.4 Å². The lowest BCUT2D eigenvalue weighted by Crippen LogP contribution is -2.38. The molecule has 1 saturated heterocycles. The molecule has 2 heterocycles. The maximum Gasteiger partial charge on any atom is 0.253 e. The monoisotopic (exact) mass is 419 g/mol. The van der Waals surface area contributed by atoms with Crippen LogP contribution in [-0.4, -0.2) is 41.1 Å². The van der Waals surface area contributed by atoms with Gasteiger partial charge in [0.15, 0.2) is 0 Å². The predicted molar refractivity (Wildman–Crippen MR) is 119 cm³/mol. The van der Waals surface area contributed by atoms with E-state index in [4.69, 9.17) is 9.26 Å². The number of carbonyl (C=O) groups excluding carboxylic acids is 1. The summed E-state index contributed by atoms with van der Waals surface area (Å²) in [6.45, 7) is 5.83. The summed E-state index contributed by atoms with van der Waals surface area (Å²) in [4.78, 5) is 19.3. The third kappa shape index (κ3) is 4.95. The third-order valence-corrected chi connectivity index (χ3v) is 5.99.